The molecule has 2 rings (SSSR count). The molecule has 0 radical (unpaired) electrons. The molecule has 0 aliphatic heterocycles. The molecule has 0 amide bonds. The molecule has 0 unspecified atom stereocenters. The number of hydrogen-bond acceptors (Lipinski definition) is 3. The smallest absolute Gasteiger partial charge is 0.131 e. The highest BCUT2D eigenvalue weighted by Gasteiger charge is 2.15. The number of nitrogens with zero attached hydrogens (tertiary/aromatic N) is 3. The third-order valence-electron chi connectivity index (χ3n) is 3.42. The molecule has 134 valence electrons. The summed E-state index contributed by atoms with van der Waals surface area (Å²) in [6.07, 6.45) is 8.13. The molecule has 1 aliphatic carbocycles. The Morgan fingerprint density at radius 1 is 1.08 bits per heavy atom. The molecule has 1 aromatic rings. The molecule has 0 spiro atoms. The third-order valence-corrected chi connectivity index (χ3v) is 3.42. The summed E-state index contributed by atoms with van der Waals surface area (Å²) in [6.45, 7) is 18.4. The topological polar surface area (TPSA) is 38.1 Å². The summed E-state index contributed by atoms with van der Waals surface area (Å²) in [5.41, 5.74) is 5.97. The zero-order valence-corrected chi connectivity index (χ0v) is 17.1. The zero-order chi connectivity index (χ0) is 18.7. The molecule has 0 saturated carbocycles. The van der Waals surface area contributed by atoms with Crippen LogP contribution < -0.4 is 0 Å². The largest absolute Gasteiger partial charge is 0.266 e. The summed E-state index contributed by atoms with van der Waals surface area (Å²) in [4.78, 5) is 13.5. The van der Waals surface area contributed by atoms with Crippen LogP contribution in [0.2, 0.25) is 0 Å². The van der Waals surface area contributed by atoms with E-state index in [1.165, 1.54) is 16.8 Å². The first-order valence-corrected chi connectivity index (χ1v) is 9.22. The molecule has 0 atom stereocenters. The summed E-state index contributed by atoms with van der Waals surface area (Å²) in [5, 5.41) is 0. The maximum absolute atomic E-state index is 4.68. The molecular formula is C21H35N3. The van der Waals surface area contributed by atoms with Crippen LogP contribution in [-0.2, 0) is 6.42 Å². The van der Waals surface area contributed by atoms with Gasteiger partial charge in [-0.2, -0.15) is 0 Å². The van der Waals surface area contributed by atoms with Gasteiger partial charge in [-0.05, 0) is 50.8 Å². The van der Waals surface area contributed by atoms with Crippen LogP contribution in [0.15, 0.2) is 28.5 Å². The molecule has 0 aromatic carbocycles. The van der Waals surface area contributed by atoms with Crippen LogP contribution in [0.25, 0.3) is 6.08 Å². The van der Waals surface area contributed by atoms with E-state index in [0.29, 0.717) is 5.92 Å². The Morgan fingerprint density at radius 3 is 2.25 bits per heavy atom. The second-order valence-electron chi connectivity index (χ2n) is 5.84. The highest BCUT2D eigenvalue weighted by molar-refractivity contribution is 5.79. The number of aromatic nitrogens is 2. The van der Waals surface area contributed by atoms with E-state index in [4.69, 9.17) is 0 Å². The molecule has 0 N–H and O–H groups in total. The van der Waals surface area contributed by atoms with E-state index < -0.39 is 0 Å². The van der Waals surface area contributed by atoms with Gasteiger partial charge in [0.25, 0.3) is 0 Å². The second-order valence-corrected chi connectivity index (χ2v) is 5.84. The highest BCUT2D eigenvalue weighted by atomic mass is 14.9. The zero-order valence-electron chi connectivity index (χ0n) is 17.1. The van der Waals surface area contributed by atoms with Gasteiger partial charge < -0.3 is 0 Å². The quantitative estimate of drug-likeness (QED) is 0.604. The van der Waals surface area contributed by atoms with E-state index in [1.54, 1.807) is 0 Å². The van der Waals surface area contributed by atoms with Crippen molar-refractivity contribution in [3.8, 4) is 0 Å². The first-order chi connectivity index (χ1) is 11.5. The predicted molar refractivity (Wildman–Crippen MR) is 108 cm³/mol. The minimum absolute atomic E-state index is 0.383. The summed E-state index contributed by atoms with van der Waals surface area (Å²) in [6, 6.07) is 0. The molecule has 0 fully saturated rings. The minimum Gasteiger partial charge on any atom is -0.266 e. The molecule has 3 heteroatoms. The van der Waals surface area contributed by atoms with Crippen molar-refractivity contribution < 1.29 is 0 Å². The summed E-state index contributed by atoms with van der Waals surface area (Å²) >= 11 is 0. The van der Waals surface area contributed by atoms with Crippen molar-refractivity contribution in [3.05, 3.63) is 40.6 Å². The van der Waals surface area contributed by atoms with Crippen molar-refractivity contribution in [2.45, 2.75) is 81.1 Å². The van der Waals surface area contributed by atoms with E-state index in [2.05, 4.69) is 41.8 Å². The van der Waals surface area contributed by atoms with Crippen molar-refractivity contribution in [1.29, 1.82) is 0 Å². The Hall–Kier alpha value is -1.77. The lowest BCUT2D eigenvalue weighted by Gasteiger charge is -2.17. The van der Waals surface area contributed by atoms with Gasteiger partial charge in [-0.3, -0.25) is 4.99 Å². The SMILES string of the molecule is CC.CC.CC(C)=N/C=C(\C)C1=Cc2cnc(C(C)C)nc2CC1. The lowest BCUT2D eigenvalue weighted by Crippen LogP contribution is -2.08. The van der Waals surface area contributed by atoms with E-state index in [-0.39, 0.29) is 0 Å². The second kappa shape index (κ2) is 11.7. The van der Waals surface area contributed by atoms with E-state index in [1.807, 2.05) is 53.9 Å². The lowest BCUT2D eigenvalue weighted by atomic mass is 9.93. The summed E-state index contributed by atoms with van der Waals surface area (Å²) in [7, 11) is 0. The van der Waals surface area contributed by atoms with Gasteiger partial charge in [-0.15, -0.1) is 0 Å². The van der Waals surface area contributed by atoms with Crippen molar-refractivity contribution in [1.82, 2.24) is 9.97 Å². The summed E-state index contributed by atoms with van der Waals surface area (Å²) in [5.74, 6) is 1.33. The Labute approximate surface area is 149 Å². The van der Waals surface area contributed by atoms with Crippen LogP contribution in [0.3, 0.4) is 0 Å². The van der Waals surface area contributed by atoms with Crippen LogP contribution in [0.5, 0.6) is 0 Å². The van der Waals surface area contributed by atoms with Gasteiger partial charge in [0.1, 0.15) is 5.82 Å². The molecule has 1 aromatic heterocycles. The third kappa shape index (κ3) is 6.77. The Morgan fingerprint density at radius 2 is 1.71 bits per heavy atom. The standard InChI is InChI=1S/C17H23N3.2C2H6/c1-11(2)17-19-10-15-8-14(6-7-16(15)20-17)13(5)9-18-12(3)4;2*1-2/h8-11H,6-7H2,1-5H3;2*1-2H3/b13-9+;;. The molecule has 3 nitrogen and oxygen atoms in total. The lowest BCUT2D eigenvalue weighted by molar-refractivity contribution is 0.745. The highest BCUT2D eigenvalue weighted by Crippen LogP contribution is 2.27. The van der Waals surface area contributed by atoms with E-state index in [9.17, 15) is 0 Å². The van der Waals surface area contributed by atoms with Crippen LogP contribution in [-0.4, -0.2) is 15.7 Å². The van der Waals surface area contributed by atoms with Crippen LogP contribution in [0.1, 0.15) is 91.7 Å². The molecule has 24 heavy (non-hydrogen) atoms. The first-order valence-electron chi connectivity index (χ1n) is 9.22. The molecule has 0 bridgehead atoms. The maximum atomic E-state index is 4.68. The van der Waals surface area contributed by atoms with Crippen LogP contribution in [0, 0.1) is 0 Å². The van der Waals surface area contributed by atoms with Gasteiger partial charge in [-0.25, -0.2) is 9.97 Å². The van der Waals surface area contributed by atoms with Gasteiger partial charge in [0, 0.05) is 29.6 Å². The fourth-order valence-corrected chi connectivity index (χ4v) is 2.17. The van der Waals surface area contributed by atoms with Crippen molar-refractivity contribution in [3.63, 3.8) is 0 Å². The number of allylic oxidation sites excluding steroid dienone is 2. The van der Waals surface area contributed by atoms with Gasteiger partial charge in [-0.1, -0.05) is 41.5 Å². The Balaban J connectivity index is 0.00000123. The summed E-state index contributed by atoms with van der Waals surface area (Å²) < 4.78 is 0. The Bertz CT molecular complexity index is 589. The normalized spacial score (nSPS) is 12.9. The molecular weight excluding hydrogens is 294 g/mol. The first kappa shape index (κ1) is 22.2. The number of hydrogen-bond donors (Lipinski definition) is 0. The van der Waals surface area contributed by atoms with Crippen LogP contribution >= 0.6 is 0 Å². The van der Waals surface area contributed by atoms with Gasteiger partial charge in [0.05, 0.1) is 5.69 Å². The molecule has 0 saturated heterocycles. The maximum Gasteiger partial charge on any atom is 0.131 e. The van der Waals surface area contributed by atoms with Crippen LogP contribution in [0.4, 0.5) is 0 Å². The van der Waals surface area contributed by atoms with Crippen molar-refractivity contribution in [2.75, 3.05) is 0 Å². The van der Waals surface area contributed by atoms with E-state index >= 15 is 0 Å². The molecule has 1 aliphatic rings. The fraction of sp³-hybridized carbons (Fsp3) is 0.571. The number of aliphatic imine (C=N–C) groups is 1. The van der Waals surface area contributed by atoms with Crippen molar-refractivity contribution >= 4 is 11.8 Å². The van der Waals surface area contributed by atoms with Crippen molar-refractivity contribution in [2.24, 2.45) is 4.99 Å². The predicted octanol–water partition coefficient (Wildman–Crippen LogP) is 6.37. The van der Waals surface area contributed by atoms with Gasteiger partial charge in [0.2, 0.25) is 0 Å². The van der Waals surface area contributed by atoms with Gasteiger partial charge >= 0.3 is 0 Å². The average Bonchev–Trinajstić information content (AvgIpc) is 2.62. The fourth-order valence-electron chi connectivity index (χ4n) is 2.17. The monoisotopic (exact) mass is 329 g/mol. The van der Waals surface area contributed by atoms with Gasteiger partial charge in [0.15, 0.2) is 0 Å². The molecule has 1 heterocycles. The number of aryl methyl sites for hydroxylation is 1. The van der Waals surface area contributed by atoms with E-state index in [0.717, 1.165) is 29.9 Å². The number of rotatable bonds is 3. The minimum atomic E-state index is 0.383. The average molecular weight is 330 g/mol. The Kier molecular flexibility index (Phi) is 10.9. The number of fused-ring (bicyclic) bond motifs is 1.